The van der Waals surface area contributed by atoms with E-state index < -0.39 is 18.1 Å². The first kappa shape index (κ1) is 63.5. The number of aliphatic hydroxyl groups is 1. The lowest BCUT2D eigenvalue weighted by Crippen LogP contribution is -2.55. The lowest BCUT2D eigenvalue weighted by molar-refractivity contribution is -0.141. The van der Waals surface area contributed by atoms with Crippen molar-refractivity contribution >= 4 is 51.3 Å². The maximum Gasteiger partial charge on any atom is 0.318 e. The Bertz CT molecular complexity index is 3400. The number of aliphatic hydroxyl groups excluding tert-OH is 1. The van der Waals surface area contributed by atoms with E-state index in [1.807, 2.05) is 39.0 Å². The Morgan fingerprint density at radius 1 is 0.875 bits per heavy atom. The summed E-state index contributed by atoms with van der Waals surface area (Å²) in [5.74, 6) is 0.205. The number of nitrogens with zero attached hydrogens (tertiary/aromatic N) is 10. The van der Waals surface area contributed by atoms with E-state index in [0.29, 0.717) is 102 Å². The summed E-state index contributed by atoms with van der Waals surface area (Å²) in [6.07, 6.45) is 2.30. The first-order valence-electron chi connectivity index (χ1n) is 30.5. The van der Waals surface area contributed by atoms with Gasteiger partial charge in [-0.2, -0.15) is 15.2 Å². The highest BCUT2D eigenvalue weighted by molar-refractivity contribution is 7.13. The van der Waals surface area contributed by atoms with E-state index >= 15 is 0 Å². The van der Waals surface area contributed by atoms with Gasteiger partial charge in [-0.3, -0.25) is 19.3 Å². The van der Waals surface area contributed by atoms with Crippen LogP contribution in [0.25, 0.3) is 21.2 Å². The Labute approximate surface area is 518 Å². The van der Waals surface area contributed by atoms with Crippen LogP contribution in [-0.4, -0.2) is 194 Å². The number of piperazine rings is 1. The molecule has 0 unspecified atom stereocenters. The number of rotatable bonds is 28. The number of β-amino-alcohol motifs (C(OH)–C–C–N with tert-alkyl or cyclic N) is 1. The fourth-order valence-corrected chi connectivity index (χ4v) is 13.1. The van der Waals surface area contributed by atoms with Crippen LogP contribution in [0, 0.1) is 31.1 Å². The first-order chi connectivity index (χ1) is 42.8. The molecule has 468 valence electrons. The number of nitriles is 1. The number of anilines is 2. The number of nitrogens with one attached hydrogen (secondary N) is 1. The molecule has 4 aliphatic heterocycles. The van der Waals surface area contributed by atoms with Crippen LogP contribution in [0.5, 0.6) is 11.8 Å². The molecule has 7 heterocycles. The Hall–Kier alpha value is -7.56. The van der Waals surface area contributed by atoms with Crippen molar-refractivity contribution in [2.75, 3.05) is 116 Å². The molecule has 3 aromatic carbocycles. The molecule has 0 saturated carbocycles. The van der Waals surface area contributed by atoms with E-state index in [0.717, 1.165) is 70.4 Å². The van der Waals surface area contributed by atoms with Gasteiger partial charge in [-0.05, 0) is 68.8 Å². The molecule has 3 saturated heterocycles. The van der Waals surface area contributed by atoms with Crippen molar-refractivity contribution in [3.05, 3.63) is 119 Å². The number of likely N-dealkylation sites (N-methyl/N-ethyl adjacent to an activating group) is 1. The van der Waals surface area contributed by atoms with Gasteiger partial charge in [0.15, 0.2) is 0 Å². The van der Waals surface area contributed by atoms with Gasteiger partial charge in [-0.25, -0.2) is 4.98 Å². The number of carbonyl (C=O) groups excluding carboxylic acids is 3. The zero-order chi connectivity index (χ0) is 61.7. The molecule has 3 aromatic heterocycles. The van der Waals surface area contributed by atoms with Gasteiger partial charge < -0.3 is 63.0 Å². The average molecular weight is 1220 g/mol. The van der Waals surface area contributed by atoms with Gasteiger partial charge in [0.25, 0.3) is 0 Å². The zero-order valence-corrected chi connectivity index (χ0v) is 51.8. The molecule has 4 aliphatic rings. The number of ether oxygens (including phenoxy) is 6. The topological polar surface area (TPSA) is 244 Å². The number of amides is 3. The minimum Gasteiger partial charge on any atom is -0.491 e. The molecule has 3 amide bonds. The third kappa shape index (κ3) is 15.5. The third-order valence-corrected chi connectivity index (χ3v) is 17.8. The van der Waals surface area contributed by atoms with Crippen molar-refractivity contribution in [2.45, 2.75) is 103 Å². The fourth-order valence-electron chi connectivity index (χ4n) is 12.3. The van der Waals surface area contributed by atoms with Gasteiger partial charge in [0.05, 0.1) is 111 Å². The van der Waals surface area contributed by atoms with Crippen LogP contribution in [-0.2, 0) is 52.8 Å². The minimum atomic E-state index is -0.860. The molecule has 3 fully saturated rings. The molecule has 0 radical (unpaired) electrons. The highest BCUT2D eigenvalue weighted by Gasteiger charge is 2.43. The van der Waals surface area contributed by atoms with Crippen LogP contribution in [0.2, 0.25) is 0 Å². The maximum atomic E-state index is 14.0. The van der Waals surface area contributed by atoms with Gasteiger partial charge in [0.1, 0.15) is 42.5 Å². The van der Waals surface area contributed by atoms with E-state index in [4.69, 9.17) is 42.9 Å². The van der Waals surface area contributed by atoms with Crippen LogP contribution in [0.3, 0.4) is 0 Å². The molecular weight excluding hydrogens is 1140 g/mol. The molecule has 23 heteroatoms. The number of hydrogen-bond acceptors (Lipinski definition) is 20. The normalized spacial score (nSPS) is 19.9. The number of carbonyl (C=O) groups is 3. The summed E-state index contributed by atoms with van der Waals surface area (Å²) in [5, 5.41) is 29.8. The SMILES string of the molecule is C=CC(=O)N1CCN(c2nc(OC[C@@H]3C[C@@H](OCCOCCOCCOCCOc4cc(-c5scnc5C)ccc4CNC(=O)[C@@H]4C[C@@H](O)CN4C(=O)[C@H](c4cc(C)no4)C(C)C)CN3C)nc3c2CCN(c2cccc4ccccc24)C3)C[C@@H]1CC#N. The molecule has 10 rings (SSSR count). The molecule has 0 aliphatic carbocycles. The predicted octanol–water partition coefficient (Wildman–Crippen LogP) is 6.65. The maximum absolute atomic E-state index is 14.0. The van der Waals surface area contributed by atoms with E-state index in [-0.39, 0.29) is 74.4 Å². The summed E-state index contributed by atoms with van der Waals surface area (Å²) in [4.78, 5) is 66.2. The molecule has 0 bridgehead atoms. The number of hydrogen-bond donors (Lipinski definition) is 2. The Kier molecular flexibility index (Phi) is 21.7. The molecule has 2 N–H and O–H groups in total. The zero-order valence-electron chi connectivity index (χ0n) is 51.0. The number of benzene rings is 3. The van der Waals surface area contributed by atoms with Crippen molar-refractivity contribution in [2.24, 2.45) is 5.92 Å². The van der Waals surface area contributed by atoms with Crippen molar-refractivity contribution in [1.82, 2.24) is 40.1 Å². The second-order valence-electron chi connectivity index (χ2n) is 23.2. The van der Waals surface area contributed by atoms with Gasteiger partial charge in [-0.15, -0.1) is 11.3 Å². The second kappa shape index (κ2) is 30.1. The van der Waals surface area contributed by atoms with Gasteiger partial charge >= 0.3 is 6.01 Å². The third-order valence-electron chi connectivity index (χ3n) is 16.8. The Balaban J connectivity index is 0.643. The number of aromatic nitrogens is 4. The fraction of sp³-hybridized carbons (Fsp3) is 0.508. The Morgan fingerprint density at radius 2 is 1.65 bits per heavy atom. The number of thiazole rings is 1. The Morgan fingerprint density at radius 3 is 2.39 bits per heavy atom. The molecular formula is C65H81N11O11S. The van der Waals surface area contributed by atoms with Crippen LogP contribution in [0.1, 0.15) is 73.0 Å². The van der Waals surface area contributed by atoms with Crippen LogP contribution in [0.15, 0.2) is 89.4 Å². The van der Waals surface area contributed by atoms with Gasteiger partial charge in [0, 0.05) is 86.5 Å². The summed E-state index contributed by atoms with van der Waals surface area (Å²) in [7, 11) is 2.07. The molecule has 0 spiro atoms. The first-order valence-corrected chi connectivity index (χ1v) is 31.4. The lowest BCUT2D eigenvalue weighted by Gasteiger charge is -2.42. The smallest absolute Gasteiger partial charge is 0.318 e. The summed E-state index contributed by atoms with van der Waals surface area (Å²) < 4.78 is 42.0. The van der Waals surface area contributed by atoms with E-state index in [2.05, 4.69) is 92.3 Å². The number of likely N-dealkylation sites (tertiary alicyclic amines) is 2. The molecule has 88 heavy (non-hydrogen) atoms. The summed E-state index contributed by atoms with van der Waals surface area (Å²) in [5.41, 5.74) is 8.17. The van der Waals surface area contributed by atoms with Gasteiger partial charge in [0.2, 0.25) is 17.7 Å². The summed E-state index contributed by atoms with van der Waals surface area (Å²) >= 11 is 1.53. The van der Waals surface area contributed by atoms with E-state index in [9.17, 15) is 24.8 Å². The highest BCUT2D eigenvalue weighted by atomic mass is 32.1. The van der Waals surface area contributed by atoms with Crippen molar-refractivity contribution < 1.29 is 52.4 Å². The van der Waals surface area contributed by atoms with Crippen molar-refractivity contribution in [3.63, 3.8) is 0 Å². The summed E-state index contributed by atoms with van der Waals surface area (Å²) in [6, 6.07) is 23.9. The van der Waals surface area contributed by atoms with E-state index in [1.165, 1.54) is 33.1 Å². The minimum absolute atomic E-state index is 0.00116. The van der Waals surface area contributed by atoms with E-state index in [1.54, 1.807) is 23.4 Å². The predicted molar refractivity (Wildman–Crippen MR) is 332 cm³/mol. The summed E-state index contributed by atoms with van der Waals surface area (Å²) in [6.45, 7) is 18.4. The quantitative estimate of drug-likeness (QED) is 0.0386. The standard InChI is InChI=1S/C65H81N11O11S/c1-7-59(78)75-22-21-74(36-48(75)17-19-66)62-53-18-20-73(55-14-10-12-45-11-8-9-13-52(45)55)39-54(53)69-65(70-62)86-40-49-33-51(38-72(49)6)84-29-27-82-25-23-81-24-26-83-28-30-85-57-32-46(61-44(5)68-41-88-61)15-16-47(57)35-67-63(79)56-34-50(77)37-76(56)64(80)60(42(2)3)58-31-43(4)71-87-58/h7-16,31-32,41-42,48-51,56,60,77H,1,17-18,20-30,33-40H2,2-6H3,(H,67,79)/t48-,49-,50+,51+,56-,60-/m0/s1. The highest BCUT2D eigenvalue weighted by Crippen LogP contribution is 2.37. The van der Waals surface area contributed by atoms with Crippen LogP contribution < -0.4 is 24.6 Å². The van der Waals surface area contributed by atoms with Crippen molar-refractivity contribution in [1.29, 1.82) is 5.26 Å². The number of fused-ring (bicyclic) bond motifs is 2. The molecule has 6 atom stereocenters. The average Bonchev–Trinajstić information content (AvgIpc) is 1.90. The second-order valence-corrected chi connectivity index (χ2v) is 24.1. The van der Waals surface area contributed by atoms with Crippen LogP contribution in [0.4, 0.5) is 11.5 Å². The van der Waals surface area contributed by atoms with Gasteiger partial charge in [-0.1, -0.05) is 74.1 Å². The molecule has 6 aromatic rings. The lowest BCUT2D eigenvalue weighted by atomic mass is 9.91. The molecule has 22 nitrogen and oxygen atoms in total. The van der Waals surface area contributed by atoms with Crippen LogP contribution >= 0.6 is 11.3 Å². The van der Waals surface area contributed by atoms with Crippen molar-refractivity contribution in [3.8, 4) is 28.3 Å². The number of aryl methyl sites for hydroxylation is 2. The largest absolute Gasteiger partial charge is 0.491 e. The monoisotopic (exact) mass is 1220 g/mol.